The Hall–Kier alpha value is -5.90. The van der Waals surface area contributed by atoms with E-state index in [0.717, 1.165) is 41.9 Å². The molecular formula is C40H43BClN8O10S2+. The summed E-state index contributed by atoms with van der Waals surface area (Å²) in [6, 6.07) is 11.8. The topological polar surface area (TPSA) is 205 Å². The fourth-order valence-electron chi connectivity index (χ4n) is 6.41. The van der Waals surface area contributed by atoms with Crippen LogP contribution in [0.1, 0.15) is 38.4 Å². The van der Waals surface area contributed by atoms with Crippen LogP contribution in [0.3, 0.4) is 0 Å². The Labute approximate surface area is 371 Å². The van der Waals surface area contributed by atoms with E-state index in [1.807, 2.05) is 42.2 Å². The van der Waals surface area contributed by atoms with E-state index < -0.39 is 58.3 Å². The normalized spacial score (nSPS) is 16.3. The summed E-state index contributed by atoms with van der Waals surface area (Å²) in [5.74, 6) is -3.31. The smallest absolute Gasteiger partial charge is 0.413 e. The Bertz CT molecular complexity index is 2450. The molecule has 4 aromatic rings. The molecule has 2 radical (unpaired) electrons. The van der Waals surface area contributed by atoms with E-state index in [0.29, 0.717) is 22.6 Å². The van der Waals surface area contributed by atoms with Crippen molar-refractivity contribution < 1.29 is 52.2 Å². The number of hydrogen-bond acceptors (Lipinski definition) is 15. The number of ether oxygens (including phenoxy) is 3. The lowest BCUT2D eigenvalue weighted by atomic mass is 10.0. The van der Waals surface area contributed by atoms with E-state index in [2.05, 4.69) is 41.9 Å². The maximum absolute atomic E-state index is 14.2. The third-order valence-corrected chi connectivity index (χ3v) is 11.8. The minimum atomic E-state index is -1.20. The van der Waals surface area contributed by atoms with E-state index >= 15 is 0 Å². The van der Waals surface area contributed by atoms with Crippen LogP contribution < -0.4 is 25.3 Å². The Balaban J connectivity index is 1.28. The number of amides is 3. The minimum absolute atomic E-state index is 0.0601. The van der Waals surface area contributed by atoms with Crippen LogP contribution in [0.15, 0.2) is 83.6 Å². The summed E-state index contributed by atoms with van der Waals surface area (Å²) in [5.41, 5.74) is 1.62. The summed E-state index contributed by atoms with van der Waals surface area (Å²) in [6.45, 7) is 10.2. The lowest BCUT2D eigenvalue weighted by Crippen LogP contribution is -2.71. The van der Waals surface area contributed by atoms with Crippen LogP contribution in [-0.4, -0.2) is 102 Å². The number of nitrogens with zero attached hydrogens (tertiary/aromatic N) is 5. The van der Waals surface area contributed by atoms with E-state index in [4.69, 9.17) is 38.7 Å². The summed E-state index contributed by atoms with van der Waals surface area (Å²) in [6.07, 6.45) is 4.02. The molecule has 1 aromatic carbocycles. The maximum atomic E-state index is 14.2. The predicted octanol–water partition coefficient (Wildman–Crippen LogP) is 3.96. The first-order valence-corrected chi connectivity index (χ1v) is 21.3. The lowest BCUT2D eigenvalue weighted by molar-refractivity contribution is -0.663. The van der Waals surface area contributed by atoms with Crippen LogP contribution in [0.2, 0.25) is 4.34 Å². The van der Waals surface area contributed by atoms with Crippen molar-refractivity contribution in [1.29, 1.82) is 0 Å². The molecule has 0 saturated carbocycles. The minimum Gasteiger partial charge on any atom is -0.538 e. The van der Waals surface area contributed by atoms with Gasteiger partial charge in [0, 0.05) is 36.2 Å². The van der Waals surface area contributed by atoms with E-state index in [1.165, 1.54) is 16.7 Å². The second-order valence-electron chi connectivity index (χ2n) is 14.7. The van der Waals surface area contributed by atoms with Gasteiger partial charge in [0.1, 0.15) is 50.6 Å². The molecule has 1 fully saturated rings. The number of carbonyl (C=O) groups is 5. The number of carbonyl (C=O) groups excluding carboxylic acids is 5. The summed E-state index contributed by atoms with van der Waals surface area (Å²) in [5, 5.41) is 11.2. The first-order chi connectivity index (χ1) is 29.6. The first-order valence-electron chi connectivity index (χ1n) is 19.0. The Morgan fingerprint density at radius 1 is 1.15 bits per heavy atom. The number of anilines is 1. The van der Waals surface area contributed by atoms with E-state index in [-0.39, 0.29) is 34.0 Å². The molecule has 3 N–H and O–H groups in total. The quantitative estimate of drug-likeness (QED) is 0.0158. The molecule has 62 heavy (non-hydrogen) atoms. The summed E-state index contributed by atoms with van der Waals surface area (Å²) in [4.78, 5) is 77.3. The number of thioether (sulfide) groups is 1. The lowest BCUT2D eigenvalue weighted by Gasteiger charge is -2.49. The van der Waals surface area contributed by atoms with Crippen LogP contribution in [0.25, 0.3) is 11.0 Å². The van der Waals surface area contributed by atoms with Crippen molar-refractivity contribution in [2.45, 2.75) is 63.9 Å². The van der Waals surface area contributed by atoms with E-state index in [9.17, 15) is 24.0 Å². The van der Waals surface area contributed by atoms with Gasteiger partial charge in [-0.3, -0.25) is 19.8 Å². The zero-order valence-electron chi connectivity index (χ0n) is 34.4. The molecule has 6 rings (SSSR count). The fourth-order valence-corrected chi connectivity index (χ4v) is 8.78. The van der Waals surface area contributed by atoms with Gasteiger partial charge in [0.25, 0.3) is 11.8 Å². The number of β-lactam (4-membered cyclic amide) rings is 1. The molecule has 3 aromatic heterocycles. The highest BCUT2D eigenvalue weighted by Crippen LogP contribution is 2.41. The number of aryl methyl sites for hydroxylation is 1. The molecule has 22 heteroatoms. The van der Waals surface area contributed by atoms with Crippen LogP contribution in [-0.2, 0) is 57.8 Å². The molecule has 1 saturated heterocycles. The molecule has 324 valence electrons. The molecule has 2 aliphatic rings. The number of benzene rings is 1. The largest absolute Gasteiger partial charge is 0.538 e. The molecule has 0 bridgehead atoms. The SMILES string of the molecule is [B]OC(=O)C(=C)ON=C(C(=O)NC1C(=O)N2C(C(=O)OCc3ccc(OC)cc3)=C(C[n+]3cccc4c3ccn4CCCNC)CSC12)c1nc(NC(=O)OC(C)(C)C)sc1Cl. The van der Waals surface area contributed by atoms with Gasteiger partial charge >= 0.3 is 26.1 Å². The highest BCUT2D eigenvalue weighted by atomic mass is 35.5. The fraction of sp³-hybridized carbons (Fsp3) is 0.350. The van der Waals surface area contributed by atoms with Crippen LogP contribution in [0, 0.1) is 0 Å². The molecule has 2 atom stereocenters. The standard InChI is InChI=1S/C40H42BClN8O10S2/c1-22(36(53)59-41)60-47-29(28-32(42)62-38(45-28)46-39(55)58-40(2,3)4)33(51)44-30-34(52)50-31(37(54)57-20-23-10-12-25(56-6)13-11-23)24(21-61-35(30)50)19-49-16-7-9-26-27(49)14-18-48(26)17-8-15-43-5/h7,9-14,16,18,30,35,43H,1,8,15,17,19-21H2,2-6H3,(H-,44,45,46,51,55)/p+1. The number of rotatable bonds is 17. The summed E-state index contributed by atoms with van der Waals surface area (Å²) in [7, 11) is 8.40. The Morgan fingerprint density at radius 2 is 1.90 bits per heavy atom. The van der Waals surface area contributed by atoms with Gasteiger partial charge in [0.2, 0.25) is 11.3 Å². The van der Waals surface area contributed by atoms with Crippen molar-refractivity contribution in [3.05, 3.63) is 94.1 Å². The number of pyridine rings is 1. The monoisotopic (exact) mass is 905 g/mol. The summed E-state index contributed by atoms with van der Waals surface area (Å²) < 4.78 is 24.5. The number of fused-ring (bicyclic) bond motifs is 2. The molecule has 18 nitrogen and oxygen atoms in total. The molecule has 2 aliphatic heterocycles. The van der Waals surface area contributed by atoms with Crippen molar-refractivity contribution in [2.24, 2.45) is 5.16 Å². The van der Waals surface area contributed by atoms with Gasteiger partial charge in [-0.15, -0.1) is 11.8 Å². The second-order valence-corrected chi connectivity index (χ2v) is 17.4. The van der Waals surface area contributed by atoms with Gasteiger partial charge in [-0.1, -0.05) is 40.2 Å². The number of halogens is 1. The van der Waals surface area contributed by atoms with Crippen molar-refractivity contribution >= 4 is 94.5 Å². The van der Waals surface area contributed by atoms with E-state index in [1.54, 1.807) is 52.1 Å². The van der Waals surface area contributed by atoms with Gasteiger partial charge in [-0.05, 0) is 71.1 Å². The highest BCUT2D eigenvalue weighted by molar-refractivity contribution is 8.00. The number of aromatic nitrogens is 3. The van der Waals surface area contributed by atoms with Crippen molar-refractivity contribution in [1.82, 2.24) is 25.1 Å². The Kier molecular flexibility index (Phi) is 14.6. The third kappa shape index (κ3) is 10.6. The molecule has 5 heterocycles. The van der Waals surface area contributed by atoms with Crippen molar-refractivity contribution in [2.75, 3.05) is 31.8 Å². The van der Waals surface area contributed by atoms with Gasteiger partial charge in [-0.2, -0.15) is 4.57 Å². The molecule has 2 unspecified atom stereocenters. The molecule has 0 spiro atoms. The predicted molar refractivity (Wildman–Crippen MR) is 231 cm³/mol. The third-order valence-electron chi connectivity index (χ3n) is 9.27. The molecular weight excluding hydrogens is 863 g/mol. The zero-order chi connectivity index (χ0) is 44.7. The van der Waals surface area contributed by atoms with Crippen molar-refractivity contribution in [3.8, 4) is 5.75 Å². The number of esters is 1. The van der Waals surface area contributed by atoms with Gasteiger partial charge in [0.15, 0.2) is 23.6 Å². The van der Waals surface area contributed by atoms with Gasteiger partial charge < -0.3 is 38.9 Å². The maximum Gasteiger partial charge on any atom is 0.413 e. The number of thiazole rings is 1. The van der Waals surface area contributed by atoms with Gasteiger partial charge in [-0.25, -0.2) is 19.4 Å². The number of nitrogens with one attached hydrogen (secondary N) is 3. The first kappa shape index (κ1) is 45.6. The Morgan fingerprint density at radius 3 is 2.60 bits per heavy atom. The number of hydrogen-bond donors (Lipinski definition) is 3. The zero-order valence-corrected chi connectivity index (χ0v) is 36.8. The molecule has 3 amide bonds. The number of methoxy groups -OCH3 is 1. The molecule has 0 aliphatic carbocycles. The van der Waals surface area contributed by atoms with Crippen LogP contribution >= 0.6 is 34.7 Å². The van der Waals surface area contributed by atoms with Crippen LogP contribution in [0.5, 0.6) is 5.75 Å². The number of oxime groups is 1. The average molecular weight is 906 g/mol. The van der Waals surface area contributed by atoms with Gasteiger partial charge in [0.05, 0.1) is 7.11 Å². The van der Waals surface area contributed by atoms with Crippen LogP contribution in [0.4, 0.5) is 9.93 Å². The van der Waals surface area contributed by atoms with Crippen molar-refractivity contribution in [3.63, 3.8) is 0 Å². The average Bonchev–Trinajstić information content (AvgIpc) is 3.83. The second kappa shape index (κ2) is 19.9. The summed E-state index contributed by atoms with van der Waals surface area (Å²) >= 11 is 8.59. The highest BCUT2D eigenvalue weighted by Gasteiger charge is 2.55.